The molecule has 1 aromatic heterocycles. The Morgan fingerprint density at radius 2 is 1.81 bits per heavy atom. The molecule has 1 unspecified atom stereocenters. The second kappa shape index (κ2) is 7.79. The first-order chi connectivity index (χ1) is 10.3. The van der Waals surface area contributed by atoms with E-state index in [9.17, 15) is 0 Å². The lowest BCUT2D eigenvalue weighted by Crippen LogP contribution is -2.22. The van der Waals surface area contributed by atoms with Crippen LogP contribution in [-0.4, -0.2) is 18.1 Å². The molecule has 2 rings (SSSR count). The Morgan fingerprint density at radius 3 is 2.43 bits per heavy atom. The minimum absolute atomic E-state index is 0.147. The van der Waals surface area contributed by atoms with Crippen molar-refractivity contribution in [3.05, 3.63) is 59.4 Å². The fraction of sp³-hybridized carbons (Fsp3) is 0.389. The van der Waals surface area contributed by atoms with Gasteiger partial charge in [-0.1, -0.05) is 38.1 Å². The maximum absolute atomic E-state index is 5.56. The summed E-state index contributed by atoms with van der Waals surface area (Å²) in [5, 5.41) is 3.53. The van der Waals surface area contributed by atoms with Crippen LogP contribution in [0.25, 0.3) is 0 Å². The summed E-state index contributed by atoms with van der Waals surface area (Å²) in [5.74, 6) is 0.822. The third kappa shape index (κ3) is 4.05. The predicted molar refractivity (Wildman–Crippen MR) is 86.7 cm³/mol. The summed E-state index contributed by atoms with van der Waals surface area (Å²) in [7, 11) is 0. The fourth-order valence-corrected chi connectivity index (χ4v) is 2.42. The smallest absolute Gasteiger partial charge is 0.137 e. The Bertz CT molecular complexity index is 551. The van der Waals surface area contributed by atoms with Gasteiger partial charge in [-0.15, -0.1) is 0 Å². The van der Waals surface area contributed by atoms with Crippen molar-refractivity contribution >= 4 is 0 Å². The number of benzene rings is 1. The lowest BCUT2D eigenvalue weighted by Gasteiger charge is -2.19. The zero-order valence-electron chi connectivity index (χ0n) is 13.1. The second-order valence-electron chi connectivity index (χ2n) is 4.97. The number of aromatic nitrogens is 1. The van der Waals surface area contributed by atoms with E-state index >= 15 is 0 Å². The van der Waals surface area contributed by atoms with E-state index in [1.54, 1.807) is 6.20 Å². The predicted octanol–water partition coefficient (Wildman–Crippen LogP) is 3.74. The molecule has 0 saturated carbocycles. The zero-order valence-corrected chi connectivity index (χ0v) is 13.1. The number of rotatable bonds is 7. The highest BCUT2D eigenvalue weighted by atomic mass is 16.5. The van der Waals surface area contributed by atoms with Gasteiger partial charge in [0, 0.05) is 6.20 Å². The summed E-state index contributed by atoms with van der Waals surface area (Å²) in [5.41, 5.74) is 3.74. The summed E-state index contributed by atoms with van der Waals surface area (Å²) in [6, 6.07) is 11.0. The molecule has 1 N–H and O–H groups in total. The van der Waals surface area contributed by atoms with Crippen molar-refractivity contribution in [2.75, 3.05) is 13.2 Å². The second-order valence-corrected chi connectivity index (χ2v) is 4.97. The van der Waals surface area contributed by atoms with Crippen LogP contribution < -0.4 is 10.1 Å². The Morgan fingerprint density at radius 1 is 1.05 bits per heavy atom. The lowest BCUT2D eigenvalue weighted by molar-refractivity contribution is 0.338. The Labute approximate surface area is 127 Å². The standard InChI is InChI=1S/C18H24N2O/c1-4-14-7-9-15(10-8-14)18(20-5-2)16-11-17(21-6-3)13-19-12-16/h7-13,18,20H,4-6H2,1-3H3. The van der Waals surface area contributed by atoms with E-state index in [-0.39, 0.29) is 6.04 Å². The first-order valence-corrected chi connectivity index (χ1v) is 7.68. The van der Waals surface area contributed by atoms with Gasteiger partial charge in [-0.2, -0.15) is 0 Å². The minimum Gasteiger partial charge on any atom is -0.492 e. The van der Waals surface area contributed by atoms with E-state index in [1.165, 1.54) is 11.1 Å². The van der Waals surface area contributed by atoms with Crippen molar-refractivity contribution in [2.45, 2.75) is 33.2 Å². The van der Waals surface area contributed by atoms with Crippen LogP contribution in [-0.2, 0) is 6.42 Å². The molecule has 0 aliphatic carbocycles. The number of hydrogen-bond acceptors (Lipinski definition) is 3. The third-order valence-electron chi connectivity index (χ3n) is 3.51. The SMILES string of the molecule is CCNC(c1ccc(CC)cc1)c1cncc(OCC)c1. The quantitative estimate of drug-likeness (QED) is 0.841. The van der Waals surface area contributed by atoms with Gasteiger partial charge in [0.15, 0.2) is 0 Å². The molecular formula is C18H24N2O. The van der Waals surface area contributed by atoms with Gasteiger partial charge in [0.25, 0.3) is 0 Å². The molecule has 1 heterocycles. The Hall–Kier alpha value is -1.87. The highest BCUT2D eigenvalue weighted by Gasteiger charge is 2.14. The van der Waals surface area contributed by atoms with Crippen molar-refractivity contribution in [2.24, 2.45) is 0 Å². The van der Waals surface area contributed by atoms with Crippen molar-refractivity contribution in [1.82, 2.24) is 10.3 Å². The van der Waals surface area contributed by atoms with E-state index in [0.29, 0.717) is 6.61 Å². The molecule has 1 aromatic carbocycles. The van der Waals surface area contributed by atoms with E-state index in [1.807, 2.05) is 13.1 Å². The molecule has 0 aliphatic heterocycles. The molecule has 0 radical (unpaired) electrons. The van der Waals surface area contributed by atoms with Crippen LogP contribution in [0.3, 0.4) is 0 Å². The van der Waals surface area contributed by atoms with Crippen LogP contribution >= 0.6 is 0 Å². The van der Waals surface area contributed by atoms with Crippen molar-refractivity contribution in [3.8, 4) is 5.75 Å². The van der Waals surface area contributed by atoms with Crippen LogP contribution in [0.5, 0.6) is 5.75 Å². The van der Waals surface area contributed by atoms with Crippen molar-refractivity contribution < 1.29 is 4.74 Å². The molecule has 0 saturated heterocycles. The molecule has 21 heavy (non-hydrogen) atoms. The van der Waals surface area contributed by atoms with Gasteiger partial charge in [0.05, 0.1) is 18.8 Å². The highest BCUT2D eigenvalue weighted by molar-refractivity contribution is 5.35. The van der Waals surface area contributed by atoms with Crippen LogP contribution in [0, 0.1) is 0 Å². The van der Waals surface area contributed by atoms with Gasteiger partial charge in [-0.3, -0.25) is 4.98 Å². The van der Waals surface area contributed by atoms with Crippen LogP contribution in [0.2, 0.25) is 0 Å². The summed E-state index contributed by atoms with van der Waals surface area (Å²) < 4.78 is 5.56. The number of ether oxygens (including phenoxy) is 1. The molecule has 0 aliphatic rings. The van der Waals surface area contributed by atoms with E-state index in [2.05, 4.69) is 54.5 Å². The van der Waals surface area contributed by atoms with Gasteiger partial charge < -0.3 is 10.1 Å². The average Bonchev–Trinajstić information content (AvgIpc) is 2.53. The summed E-state index contributed by atoms with van der Waals surface area (Å²) in [4.78, 5) is 4.30. The van der Waals surface area contributed by atoms with Crippen LogP contribution in [0.1, 0.15) is 43.5 Å². The summed E-state index contributed by atoms with van der Waals surface area (Å²) >= 11 is 0. The van der Waals surface area contributed by atoms with Gasteiger partial charge in [-0.25, -0.2) is 0 Å². The Balaban J connectivity index is 2.30. The maximum Gasteiger partial charge on any atom is 0.137 e. The topological polar surface area (TPSA) is 34.2 Å². The first kappa shape index (κ1) is 15.5. The monoisotopic (exact) mass is 284 g/mol. The van der Waals surface area contributed by atoms with E-state index in [4.69, 9.17) is 4.74 Å². The first-order valence-electron chi connectivity index (χ1n) is 7.68. The summed E-state index contributed by atoms with van der Waals surface area (Å²) in [6.45, 7) is 7.83. The molecule has 3 heteroatoms. The van der Waals surface area contributed by atoms with Gasteiger partial charge in [0.2, 0.25) is 0 Å². The normalized spacial score (nSPS) is 12.1. The molecule has 1 atom stereocenters. The van der Waals surface area contributed by atoms with Gasteiger partial charge in [-0.05, 0) is 42.6 Å². The summed E-state index contributed by atoms with van der Waals surface area (Å²) in [6.07, 6.45) is 4.73. The number of nitrogens with one attached hydrogen (secondary N) is 1. The molecule has 0 amide bonds. The fourth-order valence-electron chi connectivity index (χ4n) is 2.42. The minimum atomic E-state index is 0.147. The number of aryl methyl sites for hydroxylation is 1. The maximum atomic E-state index is 5.56. The molecule has 0 fully saturated rings. The number of hydrogen-bond donors (Lipinski definition) is 1. The van der Waals surface area contributed by atoms with E-state index < -0.39 is 0 Å². The van der Waals surface area contributed by atoms with Gasteiger partial charge in [0.1, 0.15) is 5.75 Å². The molecule has 112 valence electrons. The molecule has 2 aromatic rings. The molecular weight excluding hydrogens is 260 g/mol. The number of nitrogens with zero attached hydrogens (tertiary/aromatic N) is 1. The van der Waals surface area contributed by atoms with Crippen molar-refractivity contribution in [3.63, 3.8) is 0 Å². The third-order valence-corrected chi connectivity index (χ3v) is 3.51. The van der Waals surface area contributed by atoms with Crippen LogP contribution in [0.15, 0.2) is 42.7 Å². The largest absolute Gasteiger partial charge is 0.492 e. The lowest BCUT2D eigenvalue weighted by atomic mass is 9.98. The van der Waals surface area contributed by atoms with E-state index in [0.717, 1.165) is 24.3 Å². The zero-order chi connectivity index (χ0) is 15.1. The molecule has 3 nitrogen and oxygen atoms in total. The van der Waals surface area contributed by atoms with Gasteiger partial charge >= 0.3 is 0 Å². The molecule has 0 bridgehead atoms. The number of pyridine rings is 1. The van der Waals surface area contributed by atoms with Crippen molar-refractivity contribution in [1.29, 1.82) is 0 Å². The molecule has 0 spiro atoms. The average molecular weight is 284 g/mol. The Kier molecular flexibility index (Phi) is 5.76. The highest BCUT2D eigenvalue weighted by Crippen LogP contribution is 2.24. The van der Waals surface area contributed by atoms with Crippen LogP contribution in [0.4, 0.5) is 0 Å².